The van der Waals surface area contributed by atoms with Crippen molar-refractivity contribution in [3.8, 4) is 0 Å². The van der Waals surface area contributed by atoms with Gasteiger partial charge in [0.05, 0.1) is 14.8 Å². The molecule has 8 nitrogen and oxygen atoms in total. The SMILES string of the molecule is Cc1c(Cl)cc(S(=O)(=O)NCc2cccc(NC(=O)C(C)C)c2)cc1[N+](=O)[O-]. The Morgan fingerprint density at radius 2 is 1.93 bits per heavy atom. The van der Waals surface area contributed by atoms with Crippen LogP contribution in [-0.2, 0) is 21.4 Å². The maximum Gasteiger partial charge on any atom is 0.275 e. The number of halogens is 1. The number of nitrogens with zero attached hydrogens (tertiary/aromatic N) is 1. The van der Waals surface area contributed by atoms with Gasteiger partial charge in [-0.1, -0.05) is 37.6 Å². The molecule has 0 aromatic heterocycles. The molecular formula is C18H20ClN3O5S. The monoisotopic (exact) mass is 425 g/mol. The molecule has 2 rings (SSSR count). The first-order valence-corrected chi connectivity index (χ1v) is 10.2. The van der Waals surface area contributed by atoms with Gasteiger partial charge in [-0.15, -0.1) is 0 Å². The van der Waals surface area contributed by atoms with Crippen LogP contribution in [0.2, 0.25) is 5.02 Å². The Kier molecular flexibility index (Phi) is 6.76. The highest BCUT2D eigenvalue weighted by molar-refractivity contribution is 7.89. The van der Waals surface area contributed by atoms with Crippen LogP contribution in [0, 0.1) is 23.0 Å². The summed E-state index contributed by atoms with van der Waals surface area (Å²) in [5.41, 5.74) is 0.979. The van der Waals surface area contributed by atoms with Crippen molar-refractivity contribution in [2.75, 3.05) is 5.32 Å². The summed E-state index contributed by atoms with van der Waals surface area (Å²) < 4.78 is 27.5. The molecule has 0 aliphatic rings. The molecule has 1 amide bonds. The predicted octanol–water partition coefficient (Wildman–Crippen LogP) is 3.63. The number of nitro benzene ring substituents is 1. The van der Waals surface area contributed by atoms with Crippen molar-refractivity contribution in [3.05, 3.63) is 62.7 Å². The van der Waals surface area contributed by atoms with Crippen molar-refractivity contribution in [3.63, 3.8) is 0 Å². The van der Waals surface area contributed by atoms with E-state index >= 15 is 0 Å². The van der Waals surface area contributed by atoms with Crippen molar-refractivity contribution >= 4 is 38.9 Å². The van der Waals surface area contributed by atoms with E-state index in [1.807, 2.05) is 0 Å². The number of hydrogen-bond acceptors (Lipinski definition) is 5. The topological polar surface area (TPSA) is 118 Å². The van der Waals surface area contributed by atoms with E-state index in [4.69, 9.17) is 11.6 Å². The second-order valence-electron chi connectivity index (χ2n) is 6.48. The predicted molar refractivity (Wildman–Crippen MR) is 107 cm³/mol. The van der Waals surface area contributed by atoms with Crippen molar-refractivity contribution in [2.24, 2.45) is 5.92 Å². The molecule has 10 heteroatoms. The maximum atomic E-state index is 12.5. The van der Waals surface area contributed by atoms with Gasteiger partial charge in [-0.25, -0.2) is 13.1 Å². The van der Waals surface area contributed by atoms with E-state index in [2.05, 4.69) is 10.0 Å². The summed E-state index contributed by atoms with van der Waals surface area (Å²) in [6, 6.07) is 8.87. The summed E-state index contributed by atoms with van der Waals surface area (Å²) in [5, 5.41) is 13.8. The molecule has 2 aromatic carbocycles. The van der Waals surface area contributed by atoms with Crippen LogP contribution < -0.4 is 10.0 Å². The Morgan fingerprint density at radius 3 is 2.54 bits per heavy atom. The lowest BCUT2D eigenvalue weighted by molar-refractivity contribution is -0.385. The second-order valence-corrected chi connectivity index (χ2v) is 8.65. The number of sulfonamides is 1. The van der Waals surface area contributed by atoms with Gasteiger partial charge in [0.2, 0.25) is 15.9 Å². The normalized spacial score (nSPS) is 11.5. The molecule has 0 bridgehead atoms. The van der Waals surface area contributed by atoms with Crippen molar-refractivity contribution in [1.82, 2.24) is 4.72 Å². The fraction of sp³-hybridized carbons (Fsp3) is 0.278. The van der Waals surface area contributed by atoms with Crippen molar-refractivity contribution < 1.29 is 18.1 Å². The van der Waals surface area contributed by atoms with Crippen LogP contribution >= 0.6 is 11.6 Å². The molecule has 0 spiro atoms. The van der Waals surface area contributed by atoms with Crippen LogP contribution in [0.3, 0.4) is 0 Å². The van der Waals surface area contributed by atoms with E-state index in [-0.39, 0.29) is 39.5 Å². The molecule has 0 saturated carbocycles. The van der Waals surface area contributed by atoms with E-state index in [1.165, 1.54) is 13.0 Å². The summed E-state index contributed by atoms with van der Waals surface area (Å²) in [6.07, 6.45) is 0. The lowest BCUT2D eigenvalue weighted by Crippen LogP contribution is -2.23. The number of amides is 1. The lowest BCUT2D eigenvalue weighted by atomic mass is 10.1. The highest BCUT2D eigenvalue weighted by Crippen LogP contribution is 2.29. The van der Waals surface area contributed by atoms with E-state index in [0.717, 1.165) is 6.07 Å². The van der Waals surface area contributed by atoms with Gasteiger partial charge >= 0.3 is 0 Å². The Hall–Kier alpha value is -2.49. The van der Waals surface area contributed by atoms with Crippen molar-refractivity contribution in [2.45, 2.75) is 32.2 Å². The van der Waals surface area contributed by atoms with Crippen LogP contribution in [0.25, 0.3) is 0 Å². The number of hydrogen-bond donors (Lipinski definition) is 2. The molecule has 2 N–H and O–H groups in total. The zero-order valence-corrected chi connectivity index (χ0v) is 17.1. The van der Waals surface area contributed by atoms with Gasteiger partial charge in [-0.05, 0) is 30.7 Å². The first-order valence-electron chi connectivity index (χ1n) is 8.35. The Balaban J connectivity index is 2.20. The maximum absolute atomic E-state index is 12.5. The molecule has 0 saturated heterocycles. The van der Waals surface area contributed by atoms with Crippen LogP contribution in [-0.4, -0.2) is 19.2 Å². The number of carbonyl (C=O) groups excluding carboxylic acids is 1. The lowest BCUT2D eigenvalue weighted by Gasteiger charge is -2.11. The summed E-state index contributed by atoms with van der Waals surface area (Å²) in [4.78, 5) is 21.9. The molecule has 0 aliphatic heterocycles. The molecule has 0 radical (unpaired) electrons. The zero-order chi connectivity index (χ0) is 21.1. The van der Waals surface area contributed by atoms with Crippen molar-refractivity contribution in [1.29, 1.82) is 0 Å². The van der Waals surface area contributed by atoms with Crippen LogP contribution in [0.15, 0.2) is 41.3 Å². The number of benzene rings is 2. The number of nitro groups is 1. The molecule has 0 heterocycles. The first-order chi connectivity index (χ1) is 13.0. The minimum absolute atomic E-state index is 0.00651. The summed E-state index contributed by atoms with van der Waals surface area (Å²) in [6.45, 7) is 4.91. The van der Waals surface area contributed by atoms with Crippen LogP contribution in [0.4, 0.5) is 11.4 Å². The third-order valence-corrected chi connectivity index (χ3v) is 5.76. The number of nitrogens with one attached hydrogen (secondary N) is 2. The summed E-state index contributed by atoms with van der Waals surface area (Å²) in [5.74, 6) is -0.344. The van der Waals surface area contributed by atoms with Crippen LogP contribution in [0.5, 0.6) is 0 Å². The third kappa shape index (κ3) is 5.28. The molecule has 2 aromatic rings. The highest BCUT2D eigenvalue weighted by atomic mass is 35.5. The first kappa shape index (κ1) is 21.8. The van der Waals surface area contributed by atoms with E-state index in [1.54, 1.807) is 38.1 Å². The number of anilines is 1. The third-order valence-electron chi connectivity index (χ3n) is 3.98. The van der Waals surface area contributed by atoms with E-state index < -0.39 is 14.9 Å². The van der Waals surface area contributed by atoms with Gasteiger partial charge in [0.15, 0.2) is 0 Å². The second kappa shape index (κ2) is 8.68. The quantitative estimate of drug-likeness (QED) is 0.518. The summed E-state index contributed by atoms with van der Waals surface area (Å²) in [7, 11) is -4.03. The smallest absolute Gasteiger partial charge is 0.275 e. The van der Waals surface area contributed by atoms with Gasteiger partial charge in [0.1, 0.15) is 0 Å². The molecular weight excluding hydrogens is 406 g/mol. The van der Waals surface area contributed by atoms with Gasteiger partial charge in [0.25, 0.3) is 5.69 Å². The Morgan fingerprint density at radius 1 is 1.25 bits per heavy atom. The van der Waals surface area contributed by atoms with E-state index in [9.17, 15) is 23.3 Å². The minimum Gasteiger partial charge on any atom is -0.326 e. The van der Waals surface area contributed by atoms with Gasteiger partial charge in [-0.3, -0.25) is 14.9 Å². The Bertz CT molecular complexity index is 1020. The fourth-order valence-electron chi connectivity index (χ4n) is 2.29. The average molecular weight is 426 g/mol. The highest BCUT2D eigenvalue weighted by Gasteiger charge is 2.22. The molecule has 150 valence electrons. The molecule has 0 unspecified atom stereocenters. The van der Waals surface area contributed by atoms with Crippen LogP contribution in [0.1, 0.15) is 25.0 Å². The largest absolute Gasteiger partial charge is 0.326 e. The molecule has 28 heavy (non-hydrogen) atoms. The average Bonchev–Trinajstić information content (AvgIpc) is 2.62. The molecule has 0 aliphatic carbocycles. The standard InChI is InChI=1S/C18H20ClN3O5S/c1-11(2)18(23)21-14-6-4-5-13(7-14)10-20-28(26,27)15-8-16(19)12(3)17(9-15)22(24)25/h4-9,11,20H,10H2,1-3H3,(H,21,23). The van der Waals surface area contributed by atoms with Gasteiger partial charge in [0, 0.05) is 29.8 Å². The molecule has 0 atom stereocenters. The van der Waals surface area contributed by atoms with Gasteiger partial charge < -0.3 is 5.32 Å². The minimum atomic E-state index is -4.03. The molecule has 0 fully saturated rings. The fourth-order valence-corrected chi connectivity index (χ4v) is 3.63. The zero-order valence-electron chi connectivity index (χ0n) is 15.5. The summed E-state index contributed by atoms with van der Waals surface area (Å²) >= 11 is 5.94. The number of rotatable bonds is 7. The number of carbonyl (C=O) groups is 1. The van der Waals surface area contributed by atoms with Gasteiger partial charge in [-0.2, -0.15) is 0 Å². The Labute approximate surface area is 168 Å². The van der Waals surface area contributed by atoms with E-state index in [0.29, 0.717) is 11.3 Å².